The number of benzene rings is 2. The van der Waals surface area contributed by atoms with Crippen molar-refractivity contribution < 1.29 is 43.4 Å². The Morgan fingerprint density at radius 2 is 1.43 bits per heavy atom. The highest BCUT2D eigenvalue weighted by molar-refractivity contribution is 6.28. The molecule has 15 nitrogen and oxygen atoms in total. The summed E-state index contributed by atoms with van der Waals surface area (Å²) in [5.74, 6) is -4.30. The summed E-state index contributed by atoms with van der Waals surface area (Å²) in [5.41, 5.74) is 1.03. The molecule has 0 spiro atoms. The molecule has 1 aliphatic rings. The van der Waals surface area contributed by atoms with E-state index in [4.69, 9.17) is 9.84 Å². The fourth-order valence-electron chi connectivity index (χ4n) is 3.87. The number of imide groups is 1. The predicted octanol–water partition coefficient (Wildman–Crippen LogP) is -2.11. The topological polar surface area (TPSA) is 212 Å². The van der Waals surface area contributed by atoms with Gasteiger partial charge < -0.3 is 36.4 Å². The minimum absolute atomic E-state index is 0.0396. The summed E-state index contributed by atoms with van der Waals surface area (Å²) in [7, 11) is 0. The van der Waals surface area contributed by atoms with Crippen LogP contribution >= 0.6 is 0 Å². The Hall–Kier alpha value is -5.41. The van der Waals surface area contributed by atoms with E-state index in [0.717, 1.165) is 22.6 Å². The standard InChI is InChI=1S/C29H32N6O9/c36-11-12-44-18-33-24(38)16-32-29(43)22(13-19-5-2-1-3-6-19)34-25(39)17-30-23(37)15-31-28(42)20-7-4-8-21(14-20)35-26(40)9-10-27(35)41/h1-10,14,22,36H,11-13,15-18H2,(H,30,37)(H,31,42)(H,32,43)(H,33,38)(H,34,39). The van der Waals surface area contributed by atoms with Crippen LogP contribution in [0, 0.1) is 0 Å². The zero-order chi connectivity index (χ0) is 31.9. The normalized spacial score (nSPS) is 12.8. The lowest BCUT2D eigenvalue weighted by molar-refractivity contribution is -0.131. The SMILES string of the molecule is O=C(CNC(=O)c1cccc(N2C(=O)C=CC2=O)c1)NCC(=O)NC(Cc1ccccc1)C(=O)NCC(=O)NCOCCO. The molecular weight excluding hydrogens is 576 g/mol. The van der Waals surface area contributed by atoms with Crippen molar-refractivity contribution in [3.05, 3.63) is 77.9 Å². The first kappa shape index (κ1) is 33.1. The molecule has 6 N–H and O–H groups in total. The maximum Gasteiger partial charge on any atom is 0.258 e. The number of ether oxygens (including phenoxy) is 1. The summed E-state index contributed by atoms with van der Waals surface area (Å²) in [6.07, 6.45) is 2.33. The minimum Gasteiger partial charge on any atom is -0.394 e. The highest BCUT2D eigenvalue weighted by atomic mass is 16.5. The van der Waals surface area contributed by atoms with Crippen LogP contribution in [0.2, 0.25) is 0 Å². The summed E-state index contributed by atoms with van der Waals surface area (Å²) in [6.45, 7) is -1.68. The van der Waals surface area contributed by atoms with Gasteiger partial charge in [-0.15, -0.1) is 0 Å². The van der Waals surface area contributed by atoms with E-state index < -0.39 is 60.5 Å². The van der Waals surface area contributed by atoms with Gasteiger partial charge in [0, 0.05) is 24.1 Å². The first-order valence-corrected chi connectivity index (χ1v) is 13.5. The number of amides is 7. The van der Waals surface area contributed by atoms with Gasteiger partial charge in [0.15, 0.2) is 0 Å². The number of aliphatic hydroxyl groups excluding tert-OH is 1. The van der Waals surface area contributed by atoms with Gasteiger partial charge in [0.05, 0.1) is 38.5 Å². The molecule has 3 rings (SSSR count). The minimum atomic E-state index is -1.07. The number of hydrogen-bond donors (Lipinski definition) is 6. The molecule has 232 valence electrons. The molecule has 0 radical (unpaired) electrons. The average molecular weight is 609 g/mol. The van der Waals surface area contributed by atoms with E-state index >= 15 is 0 Å². The first-order valence-electron chi connectivity index (χ1n) is 13.5. The Morgan fingerprint density at radius 1 is 0.773 bits per heavy atom. The molecule has 0 saturated heterocycles. The molecule has 2 aromatic rings. The van der Waals surface area contributed by atoms with Crippen LogP contribution in [0.1, 0.15) is 15.9 Å². The van der Waals surface area contributed by atoms with Crippen LogP contribution in [0.3, 0.4) is 0 Å². The maximum atomic E-state index is 12.8. The second kappa shape index (κ2) is 16.9. The van der Waals surface area contributed by atoms with E-state index in [1.165, 1.54) is 24.3 Å². The monoisotopic (exact) mass is 608 g/mol. The van der Waals surface area contributed by atoms with Crippen molar-refractivity contribution in [2.75, 3.05) is 44.5 Å². The third-order valence-corrected chi connectivity index (χ3v) is 6.00. The number of anilines is 1. The van der Waals surface area contributed by atoms with Gasteiger partial charge in [-0.2, -0.15) is 0 Å². The first-order chi connectivity index (χ1) is 21.2. The van der Waals surface area contributed by atoms with Gasteiger partial charge in [0.2, 0.25) is 23.6 Å². The number of rotatable bonds is 16. The van der Waals surface area contributed by atoms with Crippen LogP contribution in [-0.2, 0) is 39.9 Å². The molecule has 0 fully saturated rings. The largest absolute Gasteiger partial charge is 0.394 e. The number of carbonyl (C=O) groups excluding carboxylic acids is 7. The third kappa shape index (κ3) is 10.5. The van der Waals surface area contributed by atoms with Crippen molar-refractivity contribution in [1.29, 1.82) is 0 Å². The number of nitrogens with zero attached hydrogens (tertiary/aromatic N) is 1. The van der Waals surface area contributed by atoms with Gasteiger partial charge in [0.25, 0.3) is 17.7 Å². The quantitative estimate of drug-likeness (QED) is 0.0698. The van der Waals surface area contributed by atoms with Gasteiger partial charge >= 0.3 is 0 Å². The maximum absolute atomic E-state index is 12.8. The molecule has 7 amide bonds. The third-order valence-electron chi connectivity index (χ3n) is 6.00. The number of hydrogen-bond acceptors (Lipinski definition) is 9. The van der Waals surface area contributed by atoms with Crippen molar-refractivity contribution in [2.45, 2.75) is 12.5 Å². The van der Waals surface area contributed by atoms with E-state index in [1.807, 2.05) is 0 Å². The molecule has 0 bridgehead atoms. The van der Waals surface area contributed by atoms with Crippen LogP contribution in [0.4, 0.5) is 5.69 Å². The molecule has 1 unspecified atom stereocenters. The van der Waals surface area contributed by atoms with Gasteiger partial charge in [0.1, 0.15) is 12.8 Å². The van der Waals surface area contributed by atoms with Gasteiger partial charge in [-0.3, -0.25) is 33.6 Å². The Balaban J connectivity index is 1.48. The summed E-state index contributed by atoms with van der Waals surface area (Å²) < 4.78 is 4.93. The molecule has 0 saturated carbocycles. The second-order valence-corrected chi connectivity index (χ2v) is 9.26. The lowest BCUT2D eigenvalue weighted by Crippen LogP contribution is -2.52. The van der Waals surface area contributed by atoms with Crippen LogP contribution in [0.5, 0.6) is 0 Å². The van der Waals surface area contributed by atoms with Crippen molar-refractivity contribution >= 4 is 47.0 Å². The lowest BCUT2D eigenvalue weighted by atomic mass is 10.1. The molecule has 0 aliphatic carbocycles. The van der Waals surface area contributed by atoms with Crippen LogP contribution < -0.4 is 31.5 Å². The Labute approximate surface area is 252 Å². The van der Waals surface area contributed by atoms with Crippen molar-refractivity contribution in [1.82, 2.24) is 26.6 Å². The lowest BCUT2D eigenvalue weighted by Gasteiger charge is -2.19. The molecule has 44 heavy (non-hydrogen) atoms. The highest BCUT2D eigenvalue weighted by Gasteiger charge is 2.26. The molecule has 2 aromatic carbocycles. The molecular formula is C29H32N6O9. The number of nitrogens with one attached hydrogen (secondary N) is 5. The molecule has 1 heterocycles. The Morgan fingerprint density at radius 3 is 2.14 bits per heavy atom. The van der Waals surface area contributed by atoms with Crippen LogP contribution in [-0.4, -0.2) is 92.1 Å². The zero-order valence-electron chi connectivity index (χ0n) is 23.5. The van der Waals surface area contributed by atoms with Crippen molar-refractivity contribution in [3.63, 3.8) is 0 Å². The summed E-state index contributed by atoms with van der Waals surface area (Å²) in [4.78, 5) is 86.9. The molecule has 1 atom stereocenters. The van der Waals surface area contributed by atoms with E-state index in [9.17, 15) is 33.6 Å². The average Bonchev–Trinajstić information content (AvgIpc) is 3.37. The van der Waals surface area contributed by atoms with E-state index in [-0.39, 0.29) is 44.2 Å². The van der Waals surface area contributed by atoms with E-state index in [0.29, 0.717) is 0 Å². The van der Waals surface area contributed by atoms with Crippen molar-refractivity contribution in [3.8, 4) is 0 Å². The molecule has 0 aromatic heterocycles. The highest BCUT2D eigenvalue weighted by Crippen LogP contribution is 2.20. The molecule has 15 heteroatoms. The van der Waals surface area contributed by atoms with Crippen LogP contribution in [0.25, 0.3) is 0 Å². The van der Waals surface area contributed by atoms with Crippen LogP contribution in [0.15, 0.2) is 66.7 Å². The Kier molecular flexibility index (Phi) is 12.7. The van der Waals surface area contributed by atoms with Gasteiger partial charge in [-0.25, -0.2) is 4.90 Å². The predicted molar refractivity (Wildman–Crippen MR) is 155 cm³/mol. The zero-order valence-corrected chi connectivity index (χ0v) is 23.5. The molecule has 1 aliphatic heterocycles. The summed E-state index contributed by atoms with van der Waals surface area (Å²) >= 11 is 0. The fourth-order valence-corrected chi connectivity index (χ4v) is 3.87. The smallest absolute Gasteiger partial charge is 0.258 e. The fraction of sp³-hybridized carbons (Fsp3) is 0.276. The van der Waals surface area contributed by atoms with Gasteiger partial charge in [-0.1, -0.05) is 36.4 Å². The second-order valence-electron chi connectivity index (χ2n) is 9.26. The van der Waals surface area contributed by atoms with E-state index in [2.05, 4.69) is 26.6 Å². The Bertz CT molecular complexity index is 1400. The number of carbonyl (C=O) groups is 7. The van der Waals surface area contributed by atoms with Crippen molar-refractivity contribution in [2.24, 2.45) is 0 Å². The number of aliphatic hydroxyl groups is 1. The summed E-state index contributed by atoms with van der Waals surface area (Å²) in [5, 5.41) is 20.8. The van der Waals surface area contributed by atoms with Gasteiger partial charge in [-0.05, 0) is 23.8 Å². The summed E-state index contributed by atoms with van der Waals surface area (Å²) in [6, 6.07) is 13.5. The van der Waals surface area contributed by atoms with E-state index in [1.54, 1.807) is 30.3 Å².